The highest BCUT2D eigenvalue weighted by atomic mass is 19.2. The summed E-state index contributed by atoms with van der Waals surface area (Å²) in [4.78, 5) is 0. The molecule has 28 heavy (non-hydrogen) atoms. The highest BCUT2D eigenvalue weighted by molar-refractivity contribution is 5.35. The van der Waals surface area contributed by atoms with Gasteiger partial charge in [0, 0.05) is 0 Å². The molecular formula is C23H32F2O3. The smallest absolute Gasteiger partial charge is 0.204 e. The minimum absolute atomic E-state index is 0.0651. The van der Waals surface area contributed by atoms with Crippen LogP contribution in [-0.4, -0.2) is 25.9 Å². The van der Waals surface area contributed by atoms with Crippen LogP contribution in [-0.2, 0) is 4.74 Å². The van der Waals surface area contributed by atoms with E-state index in [2.05, 4.69) is 19.1 Å². The molecule has 2 unspecified atom stereocenters. The van der Waals surface area contributed by atoms with Crippen LogP contribution in [0.1, 0.15) is 52.4 Å². The van der Waals surface area contributed by atoms with Gasteiger partial charge in [0.2, 0.25) is 11.6 Å². The first-order valence-corrected chi connectivity index (χ1v) is 10.6. The van der Waals surface area contributed by atoms with E-state index in [-0.39, 0.29) is 30.8 Å². The summed E-state index contributed by atoms with van der Waals surface area (Å²) in [6.45, 7) is 5.09. The monoisotopic (exact) mass is 394 g/mol. The highest BCUT2D eigenvalue weighted by Gasteiger charge is 2.31. The first-order chi connectivity index (χ1) is 13.6. The van der Waals surface area contributed by atoms with E-state index in [4.69, 9.17) is 14.2 Å². The van der Waals surface area contributed by atoms with Crippen molar-refractivity contribution in [3.8, 4) is 11.5 Å². The molecule has 1 saturated carbocycles. The standard InChI is InChI=1S/C23H32F2O3/c1-3-5-16-6-8-17(9-7-16)18-10-11-19(27-14-18)15-28-21-13-12-20(26-4-2)22(24)23(21)25/h3,5,12-13,16-19H,4,6-11,14-15H2,1-2H3. The largest absolute Gasteiger partial charge is 0.491 e. The summed E-state index contributed by atoms with van der Waals surface area (Å²) in [5, 5.41) is 0. The van der Waals surface area contributed by atoms with Crippen molar-refractivity contribution in [2.75, 3.05) is 19.8 Å². The van der Waals surface area contributed by atoms with Crippen molar-refractivity contribution in [3.63, 3.8) is 0 Å². The predicted octanol–water partition coefficient (Wildman–Crippen LogP) is 5.92. The number of rotatable bonds is 7. The Morgan fingerprint density at radius 1 is 0.964 bits per heavy atom. The van der Waals surface area contributed by atoms with Gasteiger partial charge in [-0.05, 0) is 82.3 Å². The maximum Gasteiger partial charge on any atom is 0.204 e. The van der Waals surface area contributed by atoms with Crippen molar-refractivity contribution < 1.29 is 23.0 Å². The van der Waals surface area contributed by atoms with Crippen molar-refractivity contribution >= 4 is 0 Å². The summed E-state index contributed by atoms with van der Waals surface area (Å²) >= 11 is 0. The minimum Gasteiger partial charge on any atom is -0.491 e. The lowest BCUT2D eigenvalue weighted by Crippen LogP contribution is -2.35. The van der Waals surface area contributed by atoms with Gasteiger partial charge in [0.25, 0.3) is 0 Å². The van der Waals surface area contributed by atoms with Gasteiger partial charge < -0.3 is 14.2 Å². The van der Waals surface area contributed by atoms with Crippen LogP contribution >= 0.6 is 0 Å². The van der Waals surface area contributed by atoms with E-state index >= 15 is 0 Å². The van der Waals surface area contributed by atoms with Gasteiger partial charge in [0.05, 0.1) is 19.3 Å². The summed E-state index contributed by atoms with van der Waals surface area (Å²) in [5.41, 5.74) is 0. The van der Waals surface area contributed by atoms with Gasteiger partial charge in [0.15, 0.2) is 11.5 Å². The summed E-state index contributed by atoms with van der Waals surface area (Å²) in [7, 11) is 0. The van der Waals surface area contributed by atoms with Crippen LogP contribution in [0, 0.1) is 29.4 Å². The number of allylic oxidation sites excluding steroid dienone is 2. The Labute approximate surface area is 167 Å². The van der Waals surface area contributed by atoms with Crippen LogP contribution in [0.15, 0.2) is 24.3 Å². The molecule has 0 aromatic heterocycles. The van der Waals surface area contributed by atoms with Crippen molar-refractivity contribution in [3.05, 3.63) is 35.9 Å². The molecule has 0 spiro atoms. The van der Waals surface area contributed by atoms with E-state index < -0.39 is 11.6 Å². The zero-order valence-electron chi connectivity index (χ0n) is 17.0. The fourth-order valence-electron chi connectivity index (χ4n) is 4.49. The molecule has 1 heterocycles. The first-order valence-electron chi connectivity index (χ1n) is 10.6. The molecule has 0 bridgehead atoms. The number of ether oxygens (including phenoxy) is 3. The molecule has 3 rings (SSSR count). The number of hydrogen-bond donors (Lipinski definition) is 0. The van der Waals surface area contributed by atoms with Crippen molar-refractivity contribution in [1.29, 1.82) is 0 Å². The van der Waals surface area contributed by atoms with Crippen molar-refractivity contribution in [2.45, 2.75) is 58.5 Å². The lowest BCUT2D eigenvalue weighted by molar-refractivity contribution is -0.0558. The number of benzene rings is 1. The third kappa shape index (κ3) is 5.25. The van der Waals surface area contributed by atoms with E-state index in [1.165, 1.54) is 37.8 Å². The molecule has 0 amide bonds. The molecule has 2 fully saturated rings. The second kappa shape index (κ2) is 10.2. The summed E-state index contributed by atoms with van der Waals surface area (Å²) in [6.07, 6.45) is 11.6. The van der Waals surface area contributed by atoms with Gasteiger partial charge in [-0.15, -0.1) is 0 Å². The lowest BCUT2D eigenvalue weighted by atomic mass is 9.74. The van der Waals surface area contributed by atoms with Crippen LogP contribution in [0.4, 0.5) is 8.78 Å². The minimum atomic E-state index is -1.00. The highest BCUT2D eigenvalue weighted by Crippen LogP contribution is 2.38. The van der Waals surface area contributed by atoms with Crippen LogP contribution in [0.25, 0.3) is 0 Å². The molecular weight excluding hydrogens is 362 g/mol. The second-order valence-electron chi connectivity index (χ2n) is 7.93. The molecule has 1 aromatic carbocycles. The Morgan fingerprint density at radius 2 is 1.61 bits per heavy atom. The Bertz CT molecular complexity index is 645. The molecule has 5 heteroatoms. The SMILES string of the molecule is CC=CC1CCC(C2CCC(COc3ccc(OCC)c(F)c3F)OC2)CC1. The molecule has 0 N–H and O–H groups in total. The van der Waals surface area contributed by atoms with Gasteiger partial charge in [-0.1, -0.05) is 12.2 Å². The van der Waals surface area contributed by atoms with E-state index in [0.717, 1.165) is 31.3 Å². The van der Waals surface area contributed by atoms with Crippen molar-refractivity contribution in [1.82, 2.24) is 0 Å². The molecule has 2 atom stereocenters. The predicted molar refractivity (Wildman–Crippen MR) is 106 cm³/mol. The summed E-state index contributed by atoms with van der Waals surface area (Å²) in [5.74, 6) is -0.0722. The fraction of sp³-hybridized carbons (Fsp3) is 0.652. The zero-order chi connectivity index (χ0) is 19.9. The Hall–Kier alpha value is -1.62. The maximum atomic E-state index is 14.1. The molecule has 0 radical (unpaired) electrons. The van der Waals surface area contributed by atoms with Crippen LogP contribution in [0.3, 0.4) is 0 Å². The van der Waals surface area contributed by atoms with Crippen LogP contribution in [0.5, 0.6) is 11.5 Å². The van der Waals surface area contributed by atoms with Gasteiger partial charge in [-0.3, -0.25) is 0 Å². The quantitative estimate of drug-likeness (QED) is 0.537. The Morgan fingerprint density at radius 3 is 2.18 bits per heavy atom. The van der Waals surface area contributed by atoms with Gasteiger partial charge in [0.1, 0.15) is 6.61 Å². The van der Waals surface area contributed by atoms with Gasteiger partial charge in [-0.2, -0.15) is 8.78 Å². The second-order valence-corrected chi connectivity index (χ2v) is 7.93. The fourth-order valence-corrected chi connectivity index (χ4v) is 4.49. The van der Waals surface area contributed by atoms with Crippen LogP contribution < -0.4 is 9.47 Å². The molecule has 3 nitrogen and oxygen atoms in total. The molecule has 1 aliphatic heterocycles. The molecule has 1 aromatic rings. The first kappa shape index (κ1) is 21.1. The summed E-state index contributed by atoms with van der Waals surface area (Å²) in [6, 6.07) is 2.82. The Kier molecular flexibility index (Phi) is 7.72. The van der Waals surface area contributed by atoms with E-state index in [1.54, 1.807) is 6.92 Å². The van der Waals surface area contributed by atoms with E-state index in [9.17, 15) is 8.78 Å². The lowest BCUT2D eigenvalue weighted by Gasteiger charge is -2.37. The third-order valence-corrected chi connectivity index (χ3v) is 6.09. The maximum absolute atomic E-state index is 14.1. The normalized spacial score (nSPS) is 28.4. The van der Waals surface area contributed by atoms with Crippen LogP contribution in [0.2, 0.25) is 0 Å². The molecule has 156 valence electrons. The molecule has 2 aliphatic rings. The van der Waals surface area contributed by atoms with Gasteiger partial charge >= 0.3 is 0 Å². The number of halogens is 2. The Balaban J connectivity index is 1.43. The van der Waals surface area contributed by atoms with Crippen molar-refractivity contribution in [2.24, 2.45) is 17.8 Å². The zero-order valence-corrected chi connectivity index (χ0v) is 17.0. The molecule has 1 aliphatic carbocycles. The molecule has 1 saturated heterocycles. The third-order valence-electron chi connectivity index (χ3n) is 6.09. The van der Waals surface area contributed by atoms with Gasteiger partial charge in [-0.25, -0.2) is 0 Å². The summed E-state index contributed by atoms with van der Waals surface area (Å²) < 4.78 is 44.6. The topological polar surface area (TPSA) is 27.7 Å². The van der Waals surface area contributed by atoms with E-state index in [0.29, 0.717) is 5.92 Å². The number of hydrogen-bond acceptors (Lipinski definition) is 3. The van der Waals surface area contributed by atoms with E-state index in [1.807, 2.05) is 0 Å². The average Bonchev–Trinajstić information content (AvgIpc) is 2.72. The average molecular weight is 395 g/mol.